The van der Waals surface area contributed by atoms with Gasteiger partial charge in [0.2, 0.25) is 5.95 Å². The van der Waals surface area contributed by atoms with Crippen molar-refractivity contribution in [2.45, 2.75) is 18.5 Å². The Bertz CT molecular complexity index is 391. The van der Waals surface area contributed by atoms with E-state index in [-0.39, 0.29) is 0 Å². The van der Waals surface area contributed by atoms with Crippen LogP contribution in [0.1, 0.15) is 17.9 Å². The first-order valence-corrected chi connectivity index (χ1v) is 4.21. The summed E-state index contributed by atoms with van der Waals surface area (Å²) in [5.74, 6) is -5.32. The Morgan fingerprint density at radius 2 is 2.12 bits per heavy atom. The number of hydrogen-bond acceptors (Lipinski definition) is 2. The SMILES string of the molecule is O=C(O)CC(c1cccnc1F)C(F)(F)F. The minimum atomic E-state index is -4.82. The molecule has 88 valence electrons. The summed E-state index contributed by atoms with van der Waals surface area (Å²) in [6.07, 6.45) is -5.04. The lowest BCUT2D eigenvalue weighted by atomic mass is 9.96. The lowest BCUT2D eigenvalue weighted by Gasteiger charge is -2.18. The van der Waals surface area contributed by atoms with E-state index in [1.807, 2.05) is 0 Å². The minimum Gasteiger partial charge on any atom is -0.481 e. The zero-order chi connectivity index (χ0) is 12.3. The minimum absolute atomic E-state index is 0.752. The van der Waals surface area contributed by atoms with Crippen LogP contribution in [0.3, 0.4) is 0 Å². The van der Waals surface area contributed by atoms with Gasteiger partial charge in [0.15, 0.2) is 0 Å². The van der Waals surface area contributed by atoms with Gasteiger partial charge in [0.25, 0.3) is 0 Å². The fraction of sp³-hybridized carbons (Fsp3) is 0.333. The van der Waals surface area contributed by atoms with Gasteiger partial charge >= 0.3 is 12.1 Å². The average molecular weight is 237 g/mol. The van der Waals surface area contributed by atoms with Crippen molar-refractivity contribution >= 4 is 5.97 Å². The number of nitrogens with zero attached hydrogens (tertiary/aromatic N) is 1. The van der Waals surface area contributed by atoms with Crippen molar-refractivity contribution in [3.63, 3.8) is 0 Å². The number of alkyl halides is 3. The van der Waals surface area contributed by atoms with Gasteiger partial charge in [0, 0.05) is 11.8 Å². The highest BCUT2D eigenvalue weighted by atomic mass is 19.4. The quantitative estimate of drug-likeness (QED) is 0.648. The smallest absolute Gasteiger partial charge is 0.396 e. The summed E-state index contributed by atoms with van der Waals surface area (Å²) >= 11 is 0. The molecule has 0 aliphatic rings. The Hall–Kier alpha value is -1.66. The molecule has 0 aliphatic carbocycles. The molecule has 16 heavy (non-hydrogen) atoms. The largest absolute Gasteiger partial charge is 0.481 e. The summed E-state index contributed by atoms with van der Waals surface area (Å²) in [7, 11) is 0. The van der Waals surface area contributed by atoms with Gasteiger partial charge in [-0.05, 0) is 6.07 Å². The van der Waals surface area contributed by atoms with Crippen molar-refractivity contribution in [2.24, 2.45) is 0 Å². The number of halogens is 4. The molecule has 0 saturated carbocycles. The number of aliphatic carboxylic acids is 1. The first-order valence-electron chi connectivity index (χ1n) is 4.21. The molecule has 0 fully saturated rings. The predicted molar refractivity (Wildman–Crippen MR) is 45.2 cm³/mol. The van der Waals surface area contributed by atoms with Crippen molar-refractivity contribution in [1.82, 2.24) is 4.98 Å². The van der Waals surface area contributed by atoms with Crippen LogP contribution in [0.2, 0.25) is 0 Å². The first-order chi connectivity index (χ1) is 7.32. The summed E-state index contributed by atoms with van der Waals surface area (Å²) in [6.45, 7) is 0. The normalized spacial score (nSPS) is 13.5. The van der Waals surface area contributed by atoms with E-state index in [1.165, 1.54) is 0 Å². The maximum atomic E-state index is 13.0. The van der Waals surface area contributed by atoms with Crippen LogP contribution in [0.25, 0.3) is 0 Å². The van der Waals surface area contributed by atoms with Crippen LogP contribution in [0.4, 0.5) is 17.6 Å². The molecule has 1 N–H and O–H groups in total. The molecule has 0 radical (unpaired) electrons. The molecule has 0 bridgehead atoms. The van der Waals surface area contributed by atoms with E-state index in [4.69, 9.17) is 5.11 Å². The highest BCUT2D eigenvalue weighted by Crippen LogP contribution is 2.37. The Labute approximate surface area is 87.7 Å². The van der Waals surface area contributed by atoms with Crippen molar-refractivity contribution in [3.8, 4) is 0 Å². The summed E-state index contributed by atoms with van der Waals surface area (Å²) in [6, 6.07) is 2.00. The zero-order valence-corrected chi connectivity index (χ0v) is 7.83. The van der Waals surface area contributed by atoms with Gasteiger partial charge in [0.1, 0.15) is 0 Å². The van der Waals surface area contributed by atoms with Crippen molar-refractivity contribution in [3.05, 3.63) is 29.8 Å². The van der Waals surface area contributed by atoms with Crippen LogP contribution >= 0.6 is 0 Å². The molecule has 0 spiro atoms. The number of aromatic nitrogens is 1. The number of carbonyl (C=O) groups is 1. The third-order valence-corrected chi connectivity index (χ3v) is 1.94. The second-order valence-corrected chi connectivity index (χ2v) is 3.08. The van der Waals surface area contributed by atoms with Gasteiger partial charge in [-0.3, -0.25) is 4.79 Å². The Kier molecular flexibility index (Phi) is 3.46. The van der Waals surface area contributed by atoms with Gasteiger partial charge in [-0.2, -0.15) is 17.6 Å². The molecule has 1 aromatic heterocycles. The van der Waals surface area contributed by atoms with Gasteiger partial charge in [0.05, 0.1) is 12.3 Å². The molecule has 7 heteroatoms. The van der Waals surface area contributed by atoms with Crippen LogP contribution in [0.5, 0.6) is 0 Å². The molecular formula is C9H7F4NO2. The monoisotopic (exact) mass is 237 g/mol. The topological polar surface area (TPSA) is 50.2 Å². The number of carboxylic acids is 1. The van der Waals surface area contributed by atoms with Crippen molar-refractivity contribution in [2.75, 3.05) is 0 Å². The van der Waals surface area contributed by atoms with E-state index in [0.717, 1.165) is 18.3 Å². The molecule has 0 aromatic carbocycles. The highest BCUT2D eigenvalue weighted by Gasteiger charge is 2.43. The molecule has 1 rings (SSSR count). The fourth-order valence-corrected chi connectivity index (χ4v) is 1.24. The molecule has 1 heterocycles. The summed E-state index contributed by atoms with van der Waals surface area (Å²) in [5.41, 5.74) is -0.752. The number of carboxylic acid groups (broad SMARTS) is 1. The van der Waals surface area contributed by atoms with Crippen LogP contribution < -0.4 is 0 Å². The van der Waals surface area contributed by atoms with Crippen LogP contribution in [0.15, 0.2) is 18.3 Å². The number of rotatable bonds is 3. The molecule has 1 atom stereocenters. The third kappa shape index (κ3) is 2.91. The molecule has 0 aliphatic heterocycles. The molecule has 3 nitrogen and oxygen atoms in total. The third-order valence-electron chi connectivity index (χ3n) is 1.94. The van der Waals surface area contributed by atoms with Crippen molar-refractivity contribution < 1.29 is 27.5 Å². The second kappa shape index (κ2) is 4.46. The fourth-order valence-electron chi connectivity index (χ4n) is 1.24. The Morgan fingerprint density at radius 1 is 1.50 bits per heavy atom. The van der Waals surface area contributed by atoms with Gasteiger partial charge in [-0.1, -0.05) is 6.07 Å². The van der Waals surface area contributed by atoms with Crippen LogP contribution in [-0.2, 0) is 4.79 Å². The highest BCUT2D eigenvalue weighted by molar-refractivity contribution is 5.68. The number of pyridine rings is 1. The van der Waals surface area contributed by atoms with Gasteiger partial charge in [-0.25, -0.2) is 4.98 Å². The molecule has 0 amide bonds. The van der Waals surface area contributed by atoms with Crippen LogP contribution in [-0.4, -0.2) is 22.2 Å². The van der Waals surface area contributed by atoms with E-state index < -0.39 is 36.0 Å². The van der Waals surface area contributed by atoms with E-state index >= 15 is 0 Å². The van der Waals surface area contributed by atoms with E-state index in [0.29, 0.717) is 0 Å². The zero-order valence-electron chi connectivity index (χ0n) is 7.83. The second-order valence-electron chi connectivity index (χ2n) is 3.08. The molecule has 1 aromatic rings. The summed E-state index contributed by atoms with van der Waals surface area (Å²) in [4.78, 5) is 13.4. The van der Waals surface area contributed by atoms with Gasteiger partial charge < -0.3 is 5.11 Å². The maximum Gasteiger partial charge on any atom is 0.396 e. The standard InChI is InChI=1S/C9H7F4NO2/c10-8-5(2-1-3-14-8)6(4-7(15)16)9(11,12)13/h1-3,6H,4H2,(H,15,16). The Balaban J connectivity index is 3.12. The van der Waals surface area contributed by atoms with E-state index in [9.17, 15) is 22.4 Å². The van der Waals surface area contributed by atoms with E-state index in [2.05, 4.69) is 4.98 Å². The lowest BCUT2D eigenvalue weighted by molar-refractivity contribution is -0.163. The first kappa shape index (κ1) is 12.4. The summed E-state index contributed by atoms with van der Waals surface area (Å²) in [5, 5.41) is 8.36. The summed E-state index contributed by atoms with van der Waals surface area (Å²) < 4.78 is 50.5. The number of hydrogen-bond donors (Lipinski definition) is 1. The molecule has 1 unspecified atom stereocenters. The Morgan fingerprint density at radius 3 is 2.56 bits per heavy atom. The van der Waals surface area contributed by atoms with Gasteiger partial charge in [-0.15, -0.1) is 0 Å². The predicted octanol–water partition coefficient (Wildman–Crippen LogP) is 2.34. The van der Waals surface area contributed by atoms with Crippen LogP contribution in [0, 0.1) is 5.95 Å². The molecule has 0 saturated heterocycles. The lowest BCUT2D eigenvalue weighted by Crippen LogP contribution is -2.24. The maximum absolute atomic E-state index is 13.0. The molecular weight excluding hydrogens is 230 g/mol. The average Bonchev–Trinajstić information content (AvgIpc) is 2.13. The van der Waals surface area contributed by atoms with Crippen molar-refractivity contribution in [1.29, 1.82) is 0 Å². The van der Waals surface area contributed by atoms with E-state index in [1.54, 1.807) is 0 Å².